The summed E-state index contributed by atoms with van der Waals surface area (Å²) in [6.45, 7) is 0. The molecule has 0 radical (unpaired) electrons. The molecule has 4 heteroatoms. The Balaban J connectivity index is 3.08. The number of methoxy groups -OCH3 is 1. The van der Waals surface area contributed by atoms with E-state index in [1.165, 1.54) is 7.11 Å². The molecule has 0 spiro atoms. The molecule has 0 aliphatic heterocycles. The van der Waals surface area contributed by atoms with Gasteiger partial charge in [0.05, 0.1) is 7.11 Å². The van der Waals surface area contributed by atoms with Gasteiger partial charge in [-0.05, 0) is 17.7 Å². The highest BCUT2D eigenvalue weighted by Gasteiger charge is 2.25. The van der Waals surface area contributed by atoms with Gasteiger partial charge in [-0.2, -0.15) is 0 Å². The third-order valence-electron chi connectivity index (χ3n) is 1.60. The number of hydrogen-bond acceptors (Lipinski definition) is 2. The van der Waals surface area contributed by atoms with E-state index in [2.05, 4.69) is 0 Å². The quantitative estimate of drug-likeness (QED) is 0.576. The zero-order chi connectivity index (χ0) is 9.90. The second-order valence-electron chi connectivity index (χ2n) is 2.47. The Morgan fingerprint density at radius 1 is 1.46 bits per heavy atom. The van der Waals surface area contributed by atoms with Crippen molar-refractivity contribution >= 4 is 29.5 Å². The van der Waals surface area contributed by atoms with Crippen LogP contribution < -0.4 is 4.74 Å². The molecule has 0 bridgehead atoms. The second kappa shape index (κ2) is 3.99. The minimum absolute atomic E-state index is 0.477. The maximum absolute atomic E-state index is 10.5. The summed E-state index contributed by atoms with van der Waals surface area (Å²) in [6.07, 6.45) is 0.477. The van der Waals surface area contributed by atoms with Crippen molar-refractivity contribution in [1.82, 2.24) is 0 Å². The summed E-state index contributed by atoms with van der Waals surface area (Å²) in [5.41, 5.74) is 0.505. The van der Waals surface area contributed by atoms with E-state index >= 15 is 0 Å². The van der Waals surface area contributed by atoms with E-state index in [1.807, 2.05) is 0 Å². The number of rotatable bonds is 3. The van der Waals surface area contributed by atoms with E-state index in [4.69, 9.17) is 27.9 Å². The zero-order valence-corrected chi connectivity index (χ0v) is 8.47. The third kappa shape index (κ3) is 2.36. The van der Waals surface area contributed by atoms with Crippen LogP contribution in [0.1, 0.15) is 5.56 Å². The molecule has 0 aromatic heterocycles. The molecule has 70 valence electrons. The van der Waals surface area contributed by atoms with Gasteiger partial charge in [0.25, 0.3) is 0 Å². The Kier molecular flexibility index (Phi) is 3.17. The van der Waals surface area contributed by atoms with Gasteiger partial charge in [-0.1, -0.05) is 35.3 Å². The lowest BCUT2D eigenvalue weighted by Gasteiger charge is -2.12. The number of alkyl halides is 2. The molecule has 1 rings (SSSR count). The van der Waals surface area contributed by atoms with Gasteiger partial charge in [0.15, 0.2) is 10.6 Å². The Morgan fingerprint density at radius 3 is 2.69 bits per heavy atom. The smallest absolute Gasteiger partial charge is 0.197 e. The molecule has 0 atom stereocenters. The SMILES string of the molecule is COc1cccc(C(Cl)(Cl)C=O)c1. The van der Waals surface area contributed by atoms with Crippen molar-refractivity contribution < 1.29 is 9.53 Å². The Morgan fingerprint density at radius 2 is 2.15 bits per heavy atom. The fourth-order valence-corrected chi connectivity index (χ4v) is 1.13. The van der Waals surface area contributed by atoms with Crippen molar-refractivity contribution in [3.63, 3.8) is 0 Å². The van der Waals surface area contributed by atoms with Crippen LogP contribution in [0, 0.1) is 0 Å². The van der Waals surface area contributed by atoms with Crippen molar-refractivity contribution in [2.24, 2.45) is 0 Å². The van der Waals surface area contributed by atoms with Crippen molar-refractivity contribution in [1.29, 1.82) is 0 Å². The molecule has 2 nitrogen and oxygen atoms in total. The number of benzene rings is 1. The van der Waals surface area contributed by atoms with Crippen molar-refractivity contribution in [3.8, 4) is 5.75 Å². The zero-order valence-electron chi connectivity index (χ0n) is 6.96. The van der Waals surface area contributed by atoms with Crippen molar-refractivity contribution in [3.05, 3.63) is 29.8 Å². The van der Waals surface area contributed by atoms with Crippen LogP contribution in [0.25, 0.3) is 0 Å². The first-order valence-corrected chi connectivity index (χ1v) is 4.34. The first kappa shape index (κ1) is 10.4. The summed E-state index contributed by atoms with van der Waals surface area (Å²) >= 11 is 11.4. The largest absolute Gasteiger partial charge is 0.497 e. The summed E-state index contributed by atoms with van der Waals surface area (Å²) in [5, 5.41) is 0. The first-order chi connectivity index (χ1) is 6.10. The number of ether oxygens (including phenoxy) is 1. The molecule has 0 fully saturated rings. The minimum Gasteiger partial charge on any atom is -0.497 e. The van der Waals surface area contributed by atoms with Crippen LogP contribution in [-0.4, -0.2) is 13.4 Å². The molecule has 1 aromatic rings. The molecule has 0 N–H and O–H groups in total. The van der Waals surface area contributed by atoms with Crippen LogP contribution in [0.5, 0.6) is 5.75 Å². The molecule has 0 heterocycles. The van der Waals surface area contributed by atoms with Gasteiger partial charge < -0.3 is 4.74 Å². The average molecular weight is 219 g/mol. The highest BCUT2D eigenvalue weighted by molar-refractivity contribution is 6.55. The summed E-state index contributed by atoms with van der Waals surface area (Å²) in [5.74, 6) is 0.616. The van der Waals surface area contributed by atoms with E-state index < -0.39 is 4.33 Å². The predicted octanol–water partition coefficient (Wildman–Crippen LogP) is 2.52. The molecule has 0 unspecified atom stereocenters. The van der Waals surface area contributed by atoms with Gasteiger partial charge >= 0.3 is 0 Å². The van der Waals surface area contributed by atoms with Crippen LogP contribution in [0.4, 0.5) is 0 Å². The Hall–Kier alpha value is -0.730. The Labute approximate surface area is 86.4 Å². The molecule has 0 saturated carbocycles. The van der Waals surface area contributed by atoms with Gasteiger partial charge in [0, 0.05) is 0 Å². The van der Waals surface area contributed by atoms with Crippen LogP contribution in [0.2, 0.25) is 0 Å². The van der Waals surface area contributed by atoms with Gasteiger partial charge in [-0.3, -0.25) is 4.79 Å². The van der Waals surface area contributed by atoms with E-state index in [0.717, 1.165) is 0 Å². The number of aldehydes is 1. The Bertz CT molecular complexity index is 310. The molecule has 1 aromatic carbocycles. The highest BCUT2D eigenvalue weighted by atomic mass is 35.5. The summed E-state index contributed by atoms with van der Waals surface area (Å²) in [7, 11) is 1.53. The van der Waals surface area contributed by atoms with E-state index in [-0.39, 0.29) is 0 Å². The minimum atomic E-state index is -1.49. The first-order valence-electron chi connectivity index (χ1n) is 3.59. The molecule has 13 heavy (non-hydrogen) atoms. The van der Waals surface area contributed by atoms with E-state index in [9.17, 15) is 4.79 Å². The predicted molar refractivity (Wildman–Crippen MR) is 52.4 cm³/mol. The third-order valence-corrected chi connectivity index (χ3v) is 2.22. The molecule has 0 aliphatic carbocycles. The standard InChI is InChI=1S/C9H8Cl2O2/c1-13-8-4-2-3-7(5-8)9(10,11)6-12/h2-6H,1H3. The van der Waals surface area contributed by atoms with Crippen LogP contribution in [-0.2, 0) is 9.13 Å². The monoisotopic (exact) mass is 218 g/mol. The highest BCUT2D eigenvalue weighted by Crippen LogP contribution is 2.32. The maximum atomic E-state index is 10.5. The average Bonchev–Trinajstić information content (AvgIpc) is 2.18. The fraction of sp³-hybridized carbons (Fsp3) is 0.222. The van der Waals surface area contributed by atoms with Crippen LogP contribution in [0.15, 0.2) is 24.3 Å². The number of carbonyl (C=O) groups is 1. The van der Waals surface area contributed by atoms with Crippen LogP contribution >= 0.6 is 23.2 Å². The normalized spacial score (nSPS) is 11.0. The molecular formula is C9H8Cl2O2. The van der Waals surface area contributed by atoms with Gasteiger partial charge in [0.1, 0.15) is 5.75 Å². The van der Waals surface area contributed by atoms with E-state index in [0.29, 0.717) is 17.6 Å². The lowest BCUT2D eigenvalue weighted by Crippen LogP contribution is -2.11. The fourth-order valence-electron chi connectivity index (χ4n) is 0.898. The van der Waals surface area contributed by atoms with Gasteiger partial charge in [0.2, 0.25) is 0 Å². The topological polar surface area (TPSA) is 26.3 Å². The number of hydrogen-bond donors (Lipinski definition) is 0. The molecule has 0 saturated heterocycles. The summed E-state index contributed by atoms with van der Waals surface area (Å²) in [4.78, 5) is 10.5. The lowest BCUT2D eigenvalue weighted by molar-refractivity contribution is -0.108. The lowest BCUT2D eigenvalue weighted by atomic mass is 10.1. The summed E-state index contributed by atoms with van der Waals surface area (Å²) < 4.78 is 3.47. The van der Waals surface area contributed by atoms with E-state index in [1.54, 1.807) is 24.3 Å². The van der Waals surface area contributed by atoms with Crippen molar-refractivity contribution in [2.45, 2.75) is 4.33 Å². The molecule has 0 amide bonds. The maximum Gasteiger partial charge on any atom is 0.197 e. The van der Waals surface area contributed by atoms with Gasteiger partial charge in [-0.25, -0.2) is 0 Å². The van der Waals surface area contributed by atoms with Crippen LogP contribution in [0.3, 0.4) is 0 Å². The van der Waals surface area contributed by atoms with Crippen molar-refractivity contribution in [2.75, 3.05) is 7.11 Å². The molecular weight excluding hydrogens is 211 g/mol. The number of carbonyl (C=O) groups excluding carboxylic acids is 1. The van der Waals surface area contributed by atoms with Gasteiger partial charge in [-0.15, -0.1) is 0 Å². The summed E-state index contributed by atoms with van der Waals surface area (Å²) in [6, 6.07) is 6.75. The molecule has 0 aliphatic rings. The number of halogens is 2. The second-order valence-corrected chi connectivity index (χ2v) is 3.86.